The van der Waals surface area contributed by atoms with Crippen LogP contribution < -0.4 is 9.47 Å². The van der Waals surface area contributed by atoms with E-state index in [9.17, 15) is 14.3 Å². The molecule has 11 heteroatoms. The van der Waals surface area contributed by atoms with E-state index in [0.29, 0.717) is 23.7 Å². The number of halogens is 2. The molecule has 0 aliphatic carbocycles. The summed E-state index contributed by atoms with van der Waals surface area (Å²) < 4.78 is 24.8. The van der Waals surface area contributed by atoms with Gasteiger partial charge in [-0.2, -0.15) is 15.0 Å². The zero-order chi connectivity index (χ0) is 27.6. The van der Waals surface area contributed by atoms with Gasteiger partial charge in [0.25, 0.3) is 0 Å². The van der Waals surface area contributed by atoms with Gasteiger partial charge >= 0.3 is 6.09 Å². The number of aromatic nitrogens is 4. The molecule has 0 bridgehead atoms. The Hall–Kier alpha value is -4.41. The van der Waals surface area contributed by atoms with E-state index in [0.717, 1.165) is 27.7 Å². The van der Waals surface area contributed by atoms with Crippen LogP contribution in [0.15, 0.2) is 79.1 Å². The summed E-state index contributed by atoms with van der Waals surface area (Å²) in [7, 11) is 0. The standard InChI is InChI=1S/C29H25ClFN5O4/c30-19-3-10-26-25(15-19)24-11-14-35(29(38)40-23-8-4-20(31)5-9-23)28(27(24)34-26)18-1-6-22(7-2-18)39-17-21(37)16-36-32-12-13-33-36/h1-10,12-13,15,21,28,34,37H,11,14,16-17H2. The van der Waals surface area contributed by atoms with Gasteiger partial charge in [0, 0.05) is 28.2 Å². The Balaban J connectivity index is 1.27. The van der Waals surface area contributed by atoms with Crippen molar-refractivity contribution in [1.29, 1.82) is 0 Å². The molecule has 1 aliphatic heterocycles. The van der Waals surface area contributed by atoms with Crippen molar-refractivity contribution in [2.24, 2.45) is 0 Å². The highest BCUT2D eigenvalue weighted by Gasteiger charge is 2.35. The van der Waals surface area contributed by atoms with Crippen LogP contribution in [0.3, 0.4) is 0 Å². The van der Waals surface area contributed by atoms with Crippen LogP contribution in [0.2, 0.25) is 5.02 Å². The smallest absolute Gasteiger partial charge is 0.416 e. The third kappa shape index (κ3) is 5.36. The van der Waals surface area contributed by atoms with E-state index in [2.05, 4.69) is 15.2 Å². The van der Waals surface area contributed by atoms with E-state index in [1.807, 2.05) is 30.3 Å². The van der Waals surface area contributed by atoms with Crippen LogP contribution in [0.1, 0.15) is 22.9 Å². The largest absolute Gasteiger partial charge is 0.491 e. The van der Waals surface area contributed by atoms with Gasteiger partial charge in [-0.25, -0.2) is 9.18 Å². The molecule has 9 nitrogen and oxygen atoms in total. The molecule has 204 valence electrons. The number of amides is 1. The lowest BCUT2D eigenvalue weighted by Crippen LogP contribution is -2.42. The van der Waals surface area contributed by atoms with E-state index in [4.69, 9.17) is 21.1 Å². The fourth-order valence-electron chi connectivity index (χ4n) is 4.98. The van der Waals surface area contributed by atoms with E-state index in [1.165, 1.54) is 29.1 Å². The number of hydrogen-bond donors (Lipinski definition) is 2. The summed E-state index contributed by atoms with van der Waals surface area (Å²) in [6, 6.07) is 17.9. The Morgan fingerprint density at radius 1 is 1.07 bits per heavy atom. The monoisotopic (exact) mass is 561 g/mol. The lowest BCUT2D eigenvalue weighted by Gasteiger charge is -2.35. The van der Waals surface area contributed by atoms with Gasteiger partial charge in [0.15, 0.2) is 0 Å². The van der Waals surface area contributed by atoms with Crippen LogP contribution in [0.4, 0.5) is 9.18 Å². The third-order valence-corrected chi connectivity index (χ3v) is 7.06. The topological polar surface area (TPSA) is 106 Å². The molecular weight excluding hydrogens is 537 g/mol. The van der Waals surface area contributed by atoms with Gasteiger partial charge in [-0.05, 0) is 72.1 Å². The molecule has 40 heavy (non-hydrogen) atoms. The molecular formula is C29H25ClFN5O4. The summed E-state index contributed by atoms with van der Waals surface area (Å²) in [6.45, 7) is 0.682. The minimum Gasteiger partial charge on any atom is -0.491 e. The second kappa shape index (κ2) is 11.0. The van der Waals surface area contributed by atoms with Crippen molar-refractivity contribution in [3.05, 3.63) is 107 Å². The Bertz CT molecular complexity index is 1620. The second-order valence-corrected chi connectivity index (χ2v) is 9.93. The lowest BCUT2D eigenvalue weighted by atomic mass is 9.92. The molecule has 1 amide bonds. The summed E-state index contributed by atoms with van der Waals surface area (Å²) in [6.07, 6.45) is 2.36. The number of hydrogen-bond acceptors (Lipinski definition) is 6. The number of aliphatic hydroxyl groups is 1. The Labute approximate surface area is 233 Å². The summed E-state index contributed by atoms with van der Waals surface area (Å²) in [5, 5.41) is 19.9. The van der Waals surface area contributed by atoms with E-state index in [1.54, 1.807) is 29.4 Å². The summed E-state index contributed by atoms with van der Waals surface area (Å²) in [5.41, 5.74) is 3.72. The fourth-order valence-corrected chi connectivity index (χ4v) is 5.16. The SMILES string of the molecule is O=C(Oc1ccc(F)cc1)N1CCc2c([nH]c3ccc(Cl)cc23)C1c1ccc(OCC(O)Cn2nccn2)cc1. The molecule has 3 aromatic carbocycles. The molecule has 5 aromatic rings. The molecule has 0 fully saturated rings. The lowest BCUT2D eigenvalue weighted by molar-refractivity contribution is 0.0854. The number of carbonyl (C=O) groups excluding carboxylic acids is 1. The van der Waals surface area contributed by atoms with Gasteiger partial charge in [-0.1, -0.05) is 23.7 Å². The molecule has 2 N–H and O–H groups in total. The van der Waals surface area contributed by atoms with Crippen molar-refractivity contribution in [2.75, 3.05) is 13.2 Å². The number of fused-ring (bicyclic) bond motifs is 3. The molecule has 0 spiro atoms. The molecule has 0 saturated heterocycles. The van der Waals surface area contributed by atoms with Gasteiger partial charge < -0.3 is 19.6 Å². The third-order valence-electron chi connectivity index (χ3n) is 6.82. The number of carbonyl (C=O) groups is 1. The Kier molecular flexibility index (Phi) is 7.10. The molecule has 6 rings (SSSR count). The highest BCUT2D eigenvalue weighted by molar-refractivity contribution is 6.31. The summed E-state index contributed by atoms with van der Waals surface area (Å²) in [5.74, 6) is 0.410. The van der Waals surface area contributed by atoms with Crippen molar-refractivity contribution in [3.8, 4) is 11.5 Å². The zero-order valence-electron chi connectivity index (χ0n) is 21.2. The van der Waals surface area contributed by atoms with Gasteiger partial charge in [0.2, 0.25) is 0 Å². The van der Waals surface area contributed by atoms with E-state index in [-0.39, 0.29) is 18.9 Å². The highest BCUT2D eigenvalue weighted by atomic mass is 35.5. The average molecular weight is 562 g/mol. The van der Waals surface area contributed by atoms with Crippen LogP contribution in [0.25, 0.3) is 10.9 Å². The van der Waals surface area contributed by atoms with Crippen LogP contribution in [0, 0.1) is 5.82 Å². The first-order chi connectivity index (χ1) is 19.4. The first-order valence-electron chi connectivity index (χ1n) is 12.7. The summed E-state index contributed by atoms with van der Waals surface area (Å²) in [4.78, 5) is 19.9. The van der Waals surface area contributed by atoms with E-state index < -0.39 is 24.1 Å². The first kappa shape index (κ1) is 25.8. The maximum Gasteiger partial charge on any atom is 0.416 e. The van der Waals surface area contributed by atoms with Crippen molar-refractivity contribution < 1.29 is 23.8 Å². The van der Waals surface area contributed by atoms with Crippen LogP contribution in [0.5, 0.6) is 11.5 Å². The maximum absolute atomic E-state index is 13.4. The minimum absolute atomic E-state index is 0.0629. The molecule has 1 aliphatic rings. The number of nitrogens with zero attached hydrogens (tertiary/aromatic N) is 4. The first-order valence-corrected chi connectivity index (χ1v) is 13.1. The van der Waals surface area contributed by atoms with Crippen molar-refractivity contribution in [3.63, 3.8) is 0 Å². The number of rotatable bonds is 7. The molecule has 2 atom stereocenters. The predicted octanol–water partition coefficient (Wildman–Crippen LogP) is 5.14. The van der Waals surface area contributed by atoms with E-state index >= 15 is 0 Å². The van der Waals surface area contributed by atoms with Gasteiger partial charge in [-0.15, -0.1) is 0 Å². The quantitative estimate of drug-likeness (QED) is 0.285. The fraction of sp³-hybridized carbons (Fsp3) is 0.207. The van der Waals surface area contributed by atoms with Crippen LogP contribution in [-0.2, 0) is 13.0 Å². The van der Waals surface area contributed by atoms with Gasteiger partial charge in [-0.3, -0.25) is 4.90 Å². The highest BCUT2D eigenvalue weighted by Crippen LogP contribution is 2.40. The molecule has 3 heterocycles. The number of benzene rings is 3. The predicted molar refractivity (Wildman–Crippen MR) is 146 cm³/mol. The number of ether oxygens (including phenoxy) is 2. The number of H-pyrrole nitrogens is 1. The number of aromatic amines is 1. The molecule has 0 saturated carbocycles. The van der Waals surface area contributed by atoms with Crippen LogP contribution >= 0.6 is 11.6 Å². The van der Waals surface area contributed by atoms with Gasteiger partial charge in [0.05, 0.1) is 18.9 Å². The van der Waals surface area contributed by atoms with Crippen LogP contribution in [-0.4, -0.2) is 55.3 Å². The second-order valence-electron chi connectivity index (χ2n) is 9.49. The normalized spacial score (nSPS) is 15.6. The summed E-state index contributed by atoms with van der Waals surface area (Å²) >= 11 is 6.30. The van der Waals surface area contributed by atoms with Crippen molar-refractivity contribution >= 4 is 28.6 Å². The minimum atomic E-state index is -0.789. The average Bonchev–Trinajstić information content (AvgIpc) is 3.60. The molecule has 0 radical (unpaired) electrons. The number of aliphatic hydroxyl groups excluding tert-OH is 1. The Morgan fingerprint density at radius 3 is 2.55 bits per heavy atom. The zero-order valence-corrected chi connectivity index (χ0v) is 22.0. The molecule has 2 unspecified atom stereocenters. The molecule has 2 aromatic heterocycles. The number of nitrogens with one attached hydrogen (secondary N) is 1. The van der Waals surface area contributed by atoms with Crippen molar-refractivity contribution in [2.45, 2.75) is 25.1 Å². The van der Waals surface area contributed by atoms with Crippen molar-refractivity contribution in [1.82, 2.24) is 24.9 Å². The Morgan fingerprint density at radius 2 is 1.80 bits per heavy atom. The van der Waals surface area contributed by atoms with Gasteiger partial charge in [0.1, 0.15) is 36.1 Å². The maximum atomic E-state index is 13.4.